The summed E-state index contributed by atoms with van der Waals surface area (Å²) in [5, 5.41) is 12.1. The lowest BCUT2D eigenvalue weighted by Crippen LogP contribution is -2.25. The Hall–Kier alpha value is -4.02. The number of nitriles is 1. The summed E-state index contributed by atoms with van der Waals surface area (Å²) in [6.45, 7) is 1.62. The predicted octanol–water partition coefficient (Wildman–Crippen LogP) is 4.59. The van der Waals surface area contributed by atoms with E-state index in [9.17, 15) is 9.59 Å². The van der Waals surface area contributed by atoms with Gasteiger partial charge in [-0.25, -0.2) is 4.39 Å². The van der Waals surface area contributed by atoms with E-state index >= 15 is 4.39 Å². The molecule has 0 aliphatic heterocycles. The first-order valence-corrected chi connectivity index (χ1v) is 9.46. The van der Waals surface area contributed by atoms with Gasteiger partial charge < -0.3 is 14.8 Å². The second-order valence-corrected chi connectivity index (χ2v) is 6.92. The fourth-order valence-corrected chi connectivity index (χ4v) is 3.44. The number of carbonyl (C=O) groups excluding carboxylic acids is 2. The Balaban J connectivity index is 1.93. The van der Waals surface area contributed by atoms with Crippen LogP contribution in [0.1, 0.15) is 44.3 Å². The van der Waals surface area contributed by atoms with Gasteiger partial charge in [0.15, 0.2) is 17.9 Å². The highest BCUT2D eigenvalue weighted by molar-refractivity contribution is 6.30. The van der Waals surface area contributed by atoms with Gasteiger partial charge in [0.2, 0.25) is 0 Å². The lowest BCUT2D eigenvalue weighted by Gasteiger charge is -2.25. The first kappa shape index (κ1) is 20.3. The molecule has 154 valence electrons. The van der Waals surface area contributed by atoms with Gasteiger partial charge in [0.05, 0.1) is 28.4 Å². The van der Waals surface area contributed by atoms with E-state index < -0.39 is 23.7 Å². The number of benzene rings is 3. The monoisotopic (exact) mass is 416 g/mol. The van der Waals surface area contributed by atoms with E-state index in [0.717, 1.165) is 6.07 Å². The SMILES string of the molecule is COC(C)Oc1cc(F)c2c(c1Nc1ccc(C#N)cc1)C(=O)c1ccccc1C2=O. The molecule has 0 heterocycles. The van der Waals surface area contributed by atoms with Crippen LogP contribution in [0.25, 0.3) is 0 Å². The molecule has 1 atom stereocenters. The maximum Gasteiger partial charge on any atom is 0.197 e. The normalized spacial score (nSPS) is 13.1. The van der Waals surface area contributed by atoms with Crippen molar-refractivity contribution < 1.29 is 23.5 Å². The Morgan fingerprint density at radius 3 is 2.19 bits per heavy atom. The molecule has 0 radical (unpaired) electrons. The average Bonchev–Trinajstić information content (AvgIpc) is 2.79. The molecule has 1 N–H and O–H groups in total. The minimum atomic E-state index is -0.855. The highest BCUT2D eigenvalue weighted by Gasteiger charge is 2.36. The van der Waals surface area contributed by atoms with Crippen LogP contribution in [-0.4, -0.2) is 25.0 Å². The third-order valence-corrected chi connectivity index (χ3v) is 5.02. The van der Waals surface area contributed by atoms with Crippen molar-refractivity contribution >= 4 is 22.9 Å². The average molecular weight is 416 g/mol. The maximum atomic E-state index is 15.1. The summed E-state index contributed by atoms with van der Waals surface area (Å²) in [5.74, 6) is -1.89. The Kier molecular flexibility index (Phi) is 5.24. The zero-order chi connectivity index (χ0) is 22.1. The van der Waals surface area contributed by atoms with Gasteiger partial charge >= 0.3 is 0 Å². The summed E-state index contributed by atoms with van der Waals surface area (Å²) >= 11 is 0. The largest absolute Gasteiger partial charge is 0.463 e. The van der Waals surface area contributed by atoms with Crippen molar-refractivity contribution in [3.8, 4) is 11.8 Å². The number of ether oxygens (including phenoxy) is 2. The minimum absolute atomic E-state index is 0.0236. The van der Waals surface area contributed by atoms with Crippen LogP contribution in [-0.2, 0) is 4.74 Å². The summed E-state index contributed by atoms with van der Waals surface area (Å²) < 4.78 is 25.9. The van der Waals surface area contributed by atoms with Crippen LogP contribution in [0.4, 0.5) is 15.8 Å². The van der Waals surface area contributed by atoms with Crippen LogP contribution in [0.3, 0.4) is 0 Å². The molecule has 0 saturated heterocycles. The predicted molar refractivity (Wildman–Crippen MR) is 111 cm³/mol. The Bertz CT molecular complexity index is 1250. The van der Waals surface area contributed by atoms with Crippen molar-refractivity contribution in [2.75, 3.05) is 12.4 Å². The van der Waals surface area contributed by atoms with E-state index in [4.69, 9.17) is 14.7 Å². The standard InChI is InChI=1S/C24H17FN2O4/c1-13(30-2)31-19-11-18(25)20-21(22(19)27-15-9-7-14(12-26)8-10-15)24(29)17-6-4-3-5-16(17)23(20)28/h3-11,13,27H,1-2H3. The maximum absolute atomic E-state index is 15.1. The molecule has 3 aromatic rings. The fraction of sp³-hybridized carbons (Fsp3) is 0.125. The van der Waals surface area contributed by atoms with E-state index in [2.05, 4.69) is 5.32 Å². The lowest BCUT2D eigenvalue weighted by molar-refractivity contribution is -0.0380. The molecule has 7 heteroatoms. The second kappa shape index (κ2) is 8.01. The molecule has 0 amide bonds. The van der Waals surface area contributed by atoms with Crippen LogP contribution >= 0.6 is 0 Å². The first-order valence-electron chi connectivity index (χ1n) is 9.46. The molecule has 0 bridgehead atoms. The molecule has 0 saturated carbocycles. The second-order valence-electron chi connectivity index (χ2n) is 6.92. The van der Waals surface area contributed by atoms with E-state index in [-0.39, 0.29) is 33.7 Å². The quantitative estimate of drug-likeness (QED) is 0.479. The number of hydrogen-bond acceptors (Lipinski definition) is 6. The van der Waals surface area contributed by atoms with Crippen molar-refractivity contribution in [2.45, 2.75) is 13.2 Å². The molecule has 3 aromatic carbocycles. The van der Waals surface area contributed by atoms with Crippen molar-refractivity contribution in [1.29, 1.82) is 5.26 Å². The lowest BCUT2D eigenvalue weighted by atomic mass is 9.82. The number of rotatable bonds is 5. The molecule has 4 rings (SSSR count). The molecular weight excluding hydrogens is 399 g/mol. The molecule has 6 nitrogen and oxygen atoms in total. The highest BCUT2D eigenvalue weighted by atomic mass is 19.1. The molecule has 0 aromatic heterocycles. The molecule has 0 fully saturated rings. The zero-order valence-corrected chi connectivity index (χ0v) is 16.7. The number of ketones is 2. The van der Waals surface area contributed by atoms with Gasteiger partial charge in [-0.15, -0.1) is 0 Å². The number of nitrogens with one attached hydrogen (secondary N) is 1. The van der Waals surface area contributed by atoms with E-state index in [1.54, 1.807) is 43.3 Å². The summed E-state index contributed by atoms with van der Waals surface area (Å²) in [4.78, 5) is 26.4. The highest BCUT2D eigenvalue weighted by Crippen LogP contribution is 2.41. The van der Waals surface area contributed by atoms with Crippen molar-refractivity contribution in [1.82, 2.24) is 0 Å². The molecule has 1 aliphatic rings. The summed E-state index contributed by atoms with van der Waals surface area (Å²) in [5.41, 5.74) is 1.07. The van der Waals surface area contributed by atoms with E-state index in [1.807, 2.05) is 6.07 Å². The van der Waals surface area contributed by atoms with Crippen LogP contribution in [0.5, 0.6) is 5.75 Å². The van der Waals surface area contributed by atoms with Gasteiger partial charge in [-0.3, -0.25) is 9.59 Å². The molecular formula is C24H17FN2O4. The zero-order valence-electron chi connectivity index (χ0n) is 16.7. The van der Waals surface area contributed by atoms with Crippen molar-refractivity contribution in [2.24, 2.45) is 0 Å². The first-order chi connectivity index (χ1) is 14.9. The van der Waals surface area contributed by atoms with Gasteiger partial charge in [-0.05, 0) is 31.2 Å². The third-order valence-electron chi connectivity index (χ3n) is 5.02. The van der Waals surface area contributed by atoms with E-state index in [1.165, 1.54) is 19.2 Å². The van der Waals surface area contributed by atoms with Gasteiger partial charge in [-0.2, -0.15) is 5.26 Å². The summed E-state index contributed by atoms with van der Waals surface area (Å²) in [7, 11) is 1.43. The smallest absolute Gasteiger partial charge is 0.197 e. The minimum Gasteiger partial charge on any atom is -0.463 e. The van der Waals surface area contributed by atoms with Crippen LogP contribution < -0.4 is 10.1 Å². The van der Waals surface area contributed by atoms with Crippen molar-refractivity contribution in [3.63, 3.8) is 0 Å². The Labute approximate surface area is 177 Å². The molecule has 31 heavy (non-hydrogen) atoms. The Morgan fingerprint density at radius 2 is 1.61 bits per heavy atom. The number of anilines is 2. The topological polar surface area (TPSA) is 88.4 Å². The van der Waals surface area contributed by atoms with Crippen molar-refractivity contribution in [3.05, 3.63) is 88.2 Å². The summed E-state index contributed by atoms with van der Waals surface area (Å²) in [6.07, 6.45) is -0.736. The number of halogens is 1. The van der Waals surface area contributed by atoms with Gasteiger partial charge in [0.1, 0.15) is 11.6 Å². The van der Waals surface area contributed by atoms with Gasteiger partial charge in [0, 0.05) is 30.0 Å². The molecule has 1 unspecified atom stereocenters. The van der Waals surface area contributed by atoms with Crippen LogP contribution in [0.2, 0.25) is 0 Å². The third kappa shape index (κ3) is 3.54. The molecule has 0 spiro atoms. The number of carbonyl (C=O) groups is 2. The van der Waals surface area contributed by atoms with Crippen LogP contribution in [0, 0.1) is 17.1 Å². The van der Waals surface area contributed by atoms with E-state index in [0.29, 0.717) is 11.3 Å². The summed E-state index contributed by atoms with van der Waals surface area (Å²) in [6, 6.07) is 15.9. The fourth-order valence-electron chi connectivity index (χ4n) is 3.44. The molecule has 1 aliphatic carbocycles. The van der Waals surface area contributed by atoms with Gasteiger partial charge in [-0.1, -0.05) is 24.3 Å². The van der Waals surface area contributed by atoms with Gasteiger partial charge in [0.25, 0.3) is 0 Å². The Morgan fingerprint density at radius 1 is 1.00 bits per heavy atom. The van der Waals surface area contributed by atoms with Crippen LogP contribution in [0.15, 0.2) is 54.6 Å². The number of fused-ring (bicyclic) bond motifs is 2. The number of nitrogens with zero attached hydrogens (tertiary/aromatic N) is 1. The number of hydrogen-bond donors (Lipinski definition) is 1. The number of methoxy groups -OCH3 is 1.